The molecule has 30 heavy (non-hydrogen) atoms. The van der Waals surface area contributed by atoms with E-state index in [1.807, 2.05) is 0 Å². The molecule has 3 N–H and O–H groups in total. The van der Waals surface area contributed by atoms with E-state index in [-0.39, 0.29) is 41.8 Å². The molecule has 162 valence electrons. The maximum Gasteiger partial charge on any atom is 0.270 e. The van der Waals surface area contributed by atoms with Crippen LogP contribution in [0.4, 0.5) is 4.39 Å². The molecule has 3 atom stereocenters. The number of aliphatic hydroxyl groups excluding tert-OH is 1. The number of pyridine rings is 1. The number of aromatic nitrogens is 1. The van der Waals surface area contributed by atoms with Crippen molar-refractivity contribution in [3.8, 4) is 0 Å². The third-order valence-electron chi connectivity index (χ3n) is 4.89. The second kappa shape index (κ2) is 10.1. The summed E-state index contributed by atoms with van der Waals surface area (Å²) < 4.78 is 45.8. The molecule has 3 rings (SSSR count). The van der Waals surface area contributed by atoms with Crippen molar-refractivity contribution < 1.29 is 27.4 Å². The van der Waals surface area contributed by atoms with E-state index in [2.05, 4.69) is 15.0 Å². The van der Waals surface area contributed by atoms with Crippen LogP contribution in [0.5, 0.6) is 0 Å². The fourth-order valence-corrected chi connectivity index (χ4v) is 4.35. The minimum Gasteiger partial charge on any atom is -0.394 e. The van der Waals surface area contributed by atoms with Gasteiger partial charge in [0.2, 0.25) is 10.0 Å². The van der Waals surface area contributed by atoms with E-state index in [4.69, 9.17) is 4.74 Å². The molecular formula is C20H24FN3O5S. The molecule has 0 spiro atoms. The minimum atomic E-state index is -3.74. The summed E-state index contributed by atoms with van der Waals surface area (Å²) in [6.07, 6.45) is 2.25. The summed E-state index contributed by atoms with van der Waals surface area (Å²) in [6.45, 7) is -0.140. The predicted octanol–water partition coefficient (Wildman–Crippen LogP) is 1.23. The number of rotatable bonds is 8. The van der Waals surface area contributed by atoms with E-state index in [1.54, 1.807) is 18.2 Å². The second-order valence-electron chi connectivity index (χ2n) is 6.99. The SMILES string of the molecule is O=C(N[C@H]1CC[C@H](CCNS(=O)(=O)c2ccc(F)cc2)O[C@@H]1CO)c1ccccn1. The van der Waals surface area contributed by atoms with Crippen LogP contribution in [0.3, 0.4) is 0 Å². The van der Waals surface area contributed by atoms with Crippen molar-refractivity contribution in [1.82, 2.24) is 15.0 Å². The van der Waals surface area contributed by atoms with Crippen molar-refractivity contribution >= 4 is 15.9 Å². The number of amides is 1. The molecule has 1 aromatic carbocycles. The van der Waals surface area contributed by atoms with Gasteiger partial charge in [0, 0.05) is 12.7 Å². The number of hydrogen-bond acceptors (Lipinski definition) is 6. The fraction of sp³-hybridized carbons (Fsp3) is 0.400. The van der Waals surface area contributed by atoms with Crippen LogP contribution in [0.15, 0.2) is 53.6 Å². The van der Waals surface area contributed by atoms with Crippen LogP contribution in [0.25, 0.3) is 0 Å². The van der Waals surface area contributed by atoms with Crippen LogP contribution < -0.4 is 10.0 Å². The summed E-state index contributed by atoms with van der Waals surface area (Å²) in [7, 11) is -3.74. The number of nitrogens with one attached hydrogen (secondary N) is 2. The lowest BCUT2D eigenvalue weighted by molar-refractivity contribution is -0.0891. The van der Waals surface area contributed by atoms with Gasteiger partial charge >= 0.3 is 0 Å². The van der Waals surface area contributed by atoms with Gasteiger partial charge in [0.1, 0.15) is 17.6 Å². The quantitative estimate of drug-likeness (QED) is 0.572. The third-order valence-corrected chi connectivity index (χ3v) is 6.37. The molecule has 1 aliphatic rings. The number of carbonyl (C=O) groups is 1. The average molecular weight is 437 g/mol. The first kappa shape index (κ1) is 22.3. The van der Waals surface area contributed by atoms with Crippen LogP contribution in [0.1, 0.15) is 29.8 Å². The van der Waals surface area contributed by atoms with Gasteiger partial charge in [-0.3, -0.25) is 9.78 Å². The van der Waals surface area contributed by atoms with E-state index < -0.39 is 21.9 Å². The average Bonchev–Trinajstić information content (AvgIpc) is 2.75. The van der Waals surface area contributed by atoms with Crippen molar-refractivity contribution in [3.05, 3.63) is 60.2 Å². The number of halogens is 1. The smallest absolute Gasteiger partial charge is 0.270 e. The Balaban J connectivity index is 1.49. The topological polar surface area (TPSA) is 118 Å². The Kier molecular flexibility index (Phi) is 7.48. The molecule has 2 aromatic rings. The van der Waals surface area contributed by atoms with Gasteiger partial charge in [-0.1, -0.05) is 6.07 Å². The molecule has 1 saturated heterocycles. The minimum absolute atomic E-state index is 0.0148. The van der Waals surface area contributed by atoms with E-state index >= 15 is 0 Å². The Morgan fingerprint density at radius 2 is 1.97 bits per heavy atom. The second-order valence-corrected chi connectivity index (χ2v) is 8.76. The van der Waals surface area contributed by atoms with E-state index in [9.17, 15) is 22.7 Å². The molecule has 0 bridgehead atoms. The first-order valence-corrected chi connectivity index (χ1v) is 11.1. The molecule has 0 unspecified atom stereocenters. The highest BCUT2D eigenvalue weighted by atomic mass is 32.2. The molecule has 2 heterocycles. The summed E-state index contributed by atoms with van der Waals surface area (Å²) in [5, 5.41) is 12.5. The van der Waals surface area contributed by atoms with Crippen LogP contribution in [-0.4, -0.2) is 55.8 Å². The Morgan fingerprint density at radius 1 is 1.20 bits per heavy atom. The van der Waals surface area contributed by atoms with E-state index in [0.717, 1.165) is 12.1 Å². The lowest BCUT2D eigenvalue weighted by Crippen LogP contribution is -2.51. The summed E-state index contributed by atoms with van der Waals surface area (Å²) in [4.78, 5) is 16.3. The van der Waals surface area contributed by atoms with Gasteiger partial charge < -0.3 is 15.2 Å². The van der Waals surface area contributed by atoms with E-state index in [1.165, 1.54) is 18.3 Å². The zero-order valence-corrected chi connectivity index (χ0v) is 17.0. The standard InChI is InChI=1S/C20H24FN3O5S/c21-14-4-7-16(8-5-14)30(27,28)23-12-10-15-6-9-17(19(13-25)29-15)24-20(26)18-3-1-2-11-22-18/h1-5,7-8,11,15,17,19,23,25H,6,9-10,12-13H2,(H,24,26)/t15-,17+,19-/m1/s1. The van der Waals surface area contributed by atoms with Crippen molar-refractivity contribution in [1.29, 1.82) is 0 Å². The molecular weight excluding hydrogens is 413 g/mol. The van der Waals surface area contributed by atoms with Gasteiger partial charge in [0.25, 0.3) is 5.91 Å². The van der Waals surface area contributed by atoms with Gasteiger partial charge in [0.15, 0.2) is 0 Å². The predicted molar refractivity (Wildman–Crippen MR) is 107 cm³/mol. The van der Waals surface area contributed by atoms with Crippen molar-refractivity contribution in [2.24, 2.45) is 0 Å². The Bertz CT molecular complexity index is 941. The van der Waals surface area contributed by atoms with Crippen LogP contribution in [0, 0.1) is 5.82 Å². The fourth-order valence-electron chi connectivity index (χ4n) is 3.30. The summed E-state index contributed by atoms with van der Waals surface area (Å²) >= 11 is 0. The first-order valence-electron chi connectivity index (χ1n) is 9.62. The number of hydrogen-bond donors (Lipinski definition) is 3. The number of sulfonamides is 1. The van der Waals surface area contributed by atoms with Gasteiger partial charge in [-0.05, 0) is 55.7 Å². The first-order chi connectivity index (χ1) is 14.4. The maximum absolute atomic E-state index is 13.0. The normalized spacial score (nSPS) is 21.9. The molecule has 10 heteroatoms. The van der Waals surface area contributed by atoms with Crippen LogP contribution in [-0.2, 0) is 14.8 Å². The molecule has 0 radical (unpaired) electrons. The number of ether oxygens (including phenoxy) is 1. The monoisotopic (exact) mass is 437 g/mol. The van der Waals surface area contributed by atoms with Crippen LogP contribution in [0.2, 0.25) is 0 Å². The molecule has 0 aliphatic carbocycles. The Hall–Kier alpha value is -2.40. The van der Waals surface area contributed by atoms with Gasteiger partial charge in [0.05, 0.1) is 23.6 Å². The number of benzene rings is 1. The summed E-state index contributed by atoms with van der Waals surface area (Å²) in [6, 6.07) is 9.24. The zero-order chi connectivity index (χ0) is 21.6. The van der Waals surface area contributed by atoms with Crippen molar-refractivity contribution in [3.63, 3.8) is 0 Å². The largest absolute Gasteiger partial charge is 0.394 e. The van der Waals surface area contributed by atoms with E-state index in [0.29, 0.717) is 19.3 Å². The maximum atomic E-state index is 13.0. The number of carbonyl (C=O) groups excluding carboxylic acids is 1. The molecule has 1 aliphatic heterocycles. The lowest BCUT2D eigenvalue weighted by atomic mass is 9.97. The van der Waals surface area contributed by atoms with Gasteiger partial charge in [-0.2, -0.15) is 0 Å². The molecule has 0 saturated carbocycles. The lowest BCUT2D eigenvalue weighted by Gasteiger charge is -2.36. The number of nitrogens with zero attached hydrogens (tertiary/aromatic N) is 1. The summed E-state index contributed by atoms with van der Waals surface area (Å²) in [5.74, 6) is -0.850. The molecule has 1 amide bonds. The Labute approximate surface area is 174 Å². The molecule has 1 aromatic heterocycles. The number of aliphatic hydroxyl groups is 1. The highest BCUT2D eigenvalue weighted by Crippen LogP contribution is 2.22. The Morgan fingerprint density at radius 3 is 2.63 bits per heavy atom. The molecule has 1 fully saturated rings. The van der Waals surface area contributed by atoms with Crippen LogP contribution >= 0.6 is 0 Å². The third kappa shape index (κ3) is 5.82. The highest BCUT2D eigenvalue weighted by Gasteiger charge is 2.32. The van der Waals surface area contributed by atoms with Gasteiger partial charge in [-0.25, -0.2) is 17.5 Å². The summed E-state index contributed by atoms with van der Waals surface area (Å²) in [5.41, 5.74) is 0.284. The highest BCUT2D eigenvalue weighted by molar-refractivity contribution is 7.89. The van der Waals surface area contributed by atoms with Gasteiger partial charge in [-0.15, -0.1) is 0 Å². The van der Waals surface area contributed by atoms with Crippen molar-refractivity contribution in [2.45, 2.75) is 42.4 Å². The zero-order valence-electron chi connectivity index (χ0n) is 16.2. The molecule has 8 nitrogen and oxygen atoms in total. The van der Waals surface area contributed by atoms with Crippen molar-refractivity contribution in [2.75, 3.05) is 13.2 Å².